The number of imidazole rings is 1. The molecule has 1 unspecified atom stereocenters. The van der Waals surface area contributed by atoms with Gasteiger partial charge in [-0.25, -0.2) is 4.98 Å². The molecule has 1 aliphatic heterocycles. The van der Waals surface area contributed by atoms with Gasteiger partial charge in [0.05, 0.1) is 17.4 Å². The van der Waals surface area contributed by atoms with E-state index in [-0.39, 0.29) is 11.9 Å². The number of aryl methyl sites for hydroxylation is 1. The Morgan fingerprint density at radius 3 is 2.67 bits per heavy atom. The average molecular weight is 363 g/mol. The third-order valence-corrected chi connectivity index (χ3v) is 5.59. The van der Waals surface area contributed by atoms with E-state index < -0.39 is 0 Å². The number of nitrogens with one attached hydrogen (secondary N) is 1. The van der Waals surface area contributed by atoms with Crippen molar-refractivity contribution < 1.29 is 4.79 Å². The number of carbonyl (C=O) groups is 1. The standard InChI is InChI=1S/C21H25N5O/c1-15(16-5-9-22-10-6-16)26-11-7-18(8-12-26)24-21(27)17-3-4-20-19(13-17)23-14-25(20)2/h3-6,9-10,13-15,18H,7-8,11-12H2,1-2H3,(H,24,27). The molecule has 1 N–H and O–H groups in total. The molecule has 140 valence electrons. The van der Waals surface area contributed by atoms with Crippen molar-refractivity contribution >= 4 is 16.9 Å². The van der Waals surface area contributed by atoms with E-state index in [0.29, 0.717) is 11.6 Å². The van der Waals surface area contributed by atoms with Gasteiger partial charge in [0.15, 0.2) is 0 Å². The van der Waals surface area contributed by atoms with E-state index in [0.717, 1.165) is 37.0 Å². The number of nitrogens with zero attached hydrogens (tertiary/aromatic N) is 4. The molecular formula is C21H25N5O. The number of aromatic nitrogens is 3. The summed E-state index contributed by atoms with van der Waals surface area (Å²) < 4.78 is 1.96. The molecule has 1 atom stereocenters. The Bertz CT molecular complexity index is 928. The van der Waals surface area contributed by atoms with Crippen LogP contribution in [0.15, 0.2) is 49.1 Å². The van der Waals surface area contributed by atoms with Crippen LogP contribution in [0.5, 0.6) is 0 Å². The monoisotopic (exact) mass is 363 g/mol. The Labute approximate surface area is 159 Å². The summed E-state index contributed by atoms with van der Waals surface area (Å²) in [7, 11) is 1.95. The van der Waals surface area contributed by atoms with Crippen LogP contribution in [0.25, 0.3) is 11.0 Å². The van der Waals surface area contributed by atoms with E-state index >= 15 is 0 Å². The van der Waals surface area contributed by atoms with Crippen LogP contribution in [0.2, 0.25) is 0 Å². The molecule has 3 heterocycles. The summed E-state index contributed by atoms with van der Waals surface area (Å²) in [5.41, 5.74) is 3.85. The van der Waals surface area contributed by atoms with E-state index in [2.05, 4.69) is 39.2 Å². The molecule has 0 spiro atoms. The number of piperidine rings is 1. The van der Waals surface area contributed by atoms with Crippen LogP contribution in [-0.2, 0) is 7.05 Å². The lowest BCUT2D eigenvalue weighted by Gasteiger charge is -2.36. The number of pyridine rings is 1. The van der Waals surface area contributed by atoms with Crippen LogP contribution in [0, 0.1) is 0 Å². The van der Waals surface area contributed by atoms with Crippen molar-refractivity contribution in [3.05, 3.63) is 60.2 Å². The Morgan fingerprint density at radius 2 is 1.93 bits per heavy atom. The zero-order chi connectivity index (χ0) is 18.8. The molecule has 1 saturated heterocycles. The van der Waals surface area contributed by atoms with Crippen LogP contribution in [0.1, 0.15) is 41.7 Å². The smallest absolute Gasteiger partial charge is 0.251 e. The number of rotatable bonds is 4. The highest BCUT2D eigenvalue weighted by molar-refractivity contribution is 5.97. The molecule has 0 aliphatic carbocycles. The minimum absolute atomic E-state index is 0.0109. The highest BCUT2D eigenvalue weighted by atomic mass is 16.1. The molecule has 0 radical (unpaired) electrons. The van der Waals surface area contributed by atoms with Gasteiger partial charge in [0.25, 0.3) is 5.91 Å². The largest absolute Gasteiger partial charge is 0.349 e. The molecule has 2 aromatic heterocycles. The molecule has 6 nitrogen and oxygen atoms in total. The lowest BCUT2D eigenvalue weighted by molar-refractivity contribution is 0.0896. The van der Waals surface area contributed by atoms with Gasteiger partial charge in [-0.2, -0.15) is 0 Å². The predicted octanol–water partition coefficient (Wildman–Crippen LogP) is 2.92. The van der Waals surface area contributed by atoms with Gasteiger partial charge in [0.1, 0.15) is 0 Å². The van der Waals surface area contributed by atoms with Gasteiger partial charge < -0.3 is 9.88 Å². The fourth-order valence-electron chi connectivity index (χ4n) is 3.83. The molecule has 4 rings (SSSR count). The molecule has 0 bridgehead atoms. The first-order chi connectivity index (χ1) is 13.1. The average Bonchev–Trinajstić information content (AvgIpc) is 3.09. The van der Waals surface area contributed by atoms with Crippen molar-refractivity contribution in [3.8, 4) is 0 Å². The number of hydrogen-bond acceptors (Lipinski definition) is 4. The van der Waals surface area contributed by atoms with Crippen molar-refractivity contribution in [3.63, 3.8) is 0 Å². The van der Waals surface area contributed by atoms with Crippen LogP contribution in [0.4, 0.5) is 0 Å². The molecule has 3 aromatic rings. The van der Waals surface area contributed by atoms with Crippen molar-refractivity contribution in [1.29, 1.82) is 0 Å². The first kappa shape index (κ1) is 17.7. The maximum absolute atomic E-state index is 12.6. The topological polar surface area (TPSA) is 63.1 Å². The minimum atomic E-state index is -0.0109. The van der Waals surface area contributed by atoms with Crippen LogP contribution in [0.3, 0.4) is 0 Å². The SMILES string of the molecule is CC(c1ccncc1)N1CCC(NC(=O)c2ccc3c(c2)ncn3C)CC1. The predicted molar refractivity (Wildman–Crippen MR) is 105 cm³/mol. The molecule has 0 saturated carbocycles. The number of amides is 1. The van der Waals surface area contributed by atoms with Crippen molar-refractivity contribution in [2.45, 2.75) is 31.8 Å². The lowest BCUT2D eigenvalue weighted by atomic mass is 10.0. The first-order valence-corrected chi connectivity index (χ1v) is 9.48. The summed E-state index contributed by atoms with van der Waals surface area (Å²) in [4.78, 5) is 23.5. The maximum Gasteiger partial charge on any atom is 0.251 e. The third-order valence-electron chi connectivity index (χ3n) is 5.59. The summed E-state index contributed by atoms with van der Waals surface area (Å²) in [5, 5.41) is 3.20. The van der Waals surface area contributed by atoms with E-state index in [1.807, 2.05) is 42.2 Å². The second-order valence-electron chi connectivity index (χ2n) is 7.30. The molecule has 1 amide bonds. The summed E-state index contributed by atoms with van der Waals surface area (Å²) >= 11 is 0. The number of benzene rings is 1. The van der Waals surface area contributed by atoms with Crippen molar-refractivity contribution in [2.24, 2.45) is 7.05 Å². The summed E-state index contributed by atoms with van der Waals surface area (Å²) in [6, 6.07) is 10.4. The normalized spacial score (nSPS) is 17.1. The Morgan fingerprint density at radius 1 is 1.19 bits per heavy atom. The van der Waals surface area contributed by atoms with E-state index in [9.17, 15) is 4.79 Å². The lowest BCUT2D eigenvalue weighted by Crippen LogP contribution is -2.45. The van der Waals surface area contributed by atoms with Gasteiger partial charge in [-0.05, 0) is 55.7 Å². The van der Waals surface area contributed by atoms with E-state index in [1.165, 1.54) is 5.56 Å². The number of fused-ring (bicyclic) bond motifs is 1. The molecular weight excluding hydrogens is 338 g/mol. The summed E-state index contributed by atoms with van der Waals surface area (Å²) in [6.07, 6.45) is 7.39. The van der Waals surface area contributed by atoms with Gasteiger partial charge >= 0.3 is 0 Å². The number of carbonyl (C=O) groups excluding carboxylic acids is 1. The Kier molecular flexibility index (Phi) is 4.90. The second kappa shape index (κ2) is 7.48. The maximum atomic E-state index is 12.6. The molecule has 27 heavy (non-hydrogen) atoms. The Hall–Kier alpha value is -2.73. The van der Waals surface area contributed by atoms with Crippen LogP contribution < -0.4 is 5.32 Å². The quantitative estimate of drug-likeness (QED) is 0.774. The number of hydrogen-bond donors (Lipinski definition) is 1. The first-order valence-electron chi connectivity index (χ1n) is 9.48. The molecule has 1 aliphatic rings. The van der Waals surface area contributed by atoms with Crippen LogP contribution >= 0.6 is 0 Å². The molecule has 1 aromatic carbocycles. The molecule has 1 fully saturated rings. The Balaban J connectivity index is 1.35. The van der Waals surface area contributed by atoms with E-state index in [4.69, 9.17) is 0 Å². The van der Waals surface area contributed by atoms with Crippen molar-refractivity contribution in [2.75, 3.05) is 13.1 Å². The highest BCUT2D eigenvalue weighted by Crippen LogP contribution is 2.24. The minimum Gasteiger partial charge on any atom is -0.349 e. The summed E-state index contributed by atoms with van der Waals surface area (Å²) in [5.74, 6) is -0.0109. The third kappa shape index (κ3) is 3.71. The van der Waals surface area contributed by atoms with Gasteiger partial charge in [-0.3, -0.25) is 14.7 Å². The fourth-order valence-corrected chi connectivity index (χ4v) is 3.83. The van der Waals surface area contributed by atoms with Gasteiger partial charge in [0.2, 0.25) is 0 Å². The zero-order valence-electron chi connectivity index (χ0n) is 15.8. The van der Waals surface area contributed by atoms with Gasteiger partial charge in [0, 0.05) is 50.2 Å². The van der Waals surface area contributed by atoms with Crippen molar-refractivity contribution in [1.82, 2.24) is 24.8 Å². The van der Waals surface area contributed by atoms with Crippen LogP contribution in [-0.4, -0.2) is 44.5 Å². The zero-order valence-corrected chi connectivity index (χ0v) is 15.8. The summed E-state index contributed by atoms with van der Waals surface area (Å²) in [6.45, 7) is 4.19. The van der Waals surface area contributed by atoms with Gasteiger partial charge in [-0.1, -0.05) is 0 Å². The highest BCUT2D eigenvalue weighted by Gasteiger charge is 2.24. The fraction of sp³-hybridized carbons (Fsp3) is 0.381. The molecule has 6 heteroatoms. The second-order valence-corrected chi connectivity index (χ2v) is 7.30. The van der Waals surface area contributed by atoms with E-state index in [1.54, 1.807) is 6.33 Å². The number of likely N-dealkylation sites (tertiary alicyclic amines) is 1. The van der Waals surface area contributed by atoms with Gasteiger partial charge in [-0.15, -0.1) is 0 Å².